The molecular weight excluding hydrogens is 392 g/mol. The molecule has 1 amide bonds. The number of nitrogens with one attached hydrogen (secondary N) is 1. The summed E-state index contributed by atoms with van der Waals surface area (Å²) < 4.78 is 27.9. The van der Waals surface area contributed by atoms with Crippen LogP contribution in [0.15, 0.2) is 57.9 Å². The zero-order chi connectivity index (χ0) is 17.7. The van der Waals surface area contributed by atoms with Gasteiger partial charge in [-0.25, -0.2) is 8.42 Å². The Hall–Kier alpha value is -1.70. The molecule has 24 heavy (non-hydrogen) atoms. The van der Waals surface area contributed by atoms with Crippen LogP contribution in [0.3, 0.4) is 0 Å². The lowest BCUT2D eigenvalue weighted by Crippen LogP contribution is -2.39. The summed E-state index contributed by atoms with van der Waals surface area (Å²) in [5.41, 5.74) is 1.78. The Labute approximate surface area is 150 Å². The number of hydrogen-bond acceptors (Lipinski definition) is 3. The van der Waals surface area contributed by atoms with E-state index in [1.54, 1.807) is 24.3 Å². The van der Waals surface area contributed by atoms with E-state index in [2.05, 4.69) is 21.2 Å². The van der Waals surface area contributed by atoms with Gasteiger partial charge in [0.05, 0.1) is 11.4 Å². The highest BCUT2D eigenvalue weighted by Crippen LogP contribution is 2.20. The number of rotatable bonds is 6. The second-order valence-electron chi connectivity index (χ2n) is 5.39. The summed E-state index contributed by atoms with van der Waals surface area (Å²) in [7, 11) is -2.29. The summed E-state index contributed by atoms with van der Waals surface area (Å²) in [4.78, 5) is 11.9. The molecule has 0 heterocycles. The largest absolute Gasteiger partial charge is 0.358 e. The molecule has 0 aliphatic heterocycles. The van der Waals surface area contributed by atoms with Crippen molar-refractivity contribution in [2.45, 2.75) is 18.4 Å². The van der Waals surface area contributed by atoms with Crippen LogP contribution >= 0.6 is 15.9 Å². The molecule has 2 aromatic carbocycles. The Balaban J connectivity index is 2.35. The minimum atomic E-state index is -3.77. The Morgan fingerprint density at radius 1 is 1.08 bits per heavy atom. The lowest BCUT2D eigenvalue weighted by molar-refractivity contribution is -0.120. The molecule has 0 bridgehead atoms. The third-order valence-corrected chi connectivity index (χ3v) is 5.86. The number of hydrogen-bond donors (Lipinski definition) is 1. The van der Waals surface area contributed by atoms with E-state index in [-0.39, 0.29) is 23.9 Å². The molecule has 0 aliphatic rings. The highest BCUT2D eigenvalue weighted by atomic mass is 79.9. The van der Waals surface area contributed by atoms with E-state index in [1.165, 1.54) is 11.4 Å². The molecule has 0 radical (unpaired) electrons. The Kier molecular flexibility index (Phi) is 6.15. The summed E-state index contributed by atoms with van der Waals surface area (Å²) >= 11 is 3.35. The van der Waals surface area contributed by atoms with Gasteiger partial charge in [0.2, 0.25) is 15.9 Å². The number of likely N-dealkylation sites (N-methyl/N-ethyl adjacent to an activating group) is 1. The van der Waals surface area contributed by atoms with E-state index in [1.807, 2.05) is 31.2 Å². The molecule has 0 saturated heterocycles. The number of sulfonamides is 1. The maximum Gasteiger partial charge on any atom is 0.243 e. The highest BCUT2D eigenvalue weighted by Gasteiger charge is 2.26. The minimum absolute atomic E-state index is 0.122. The molecule has 5 nitrogen and oxygen atoms in total. The van der Waals surface area contributed by atoms with Crippen LogP contribution in [-0.4, -0.2) is 32.2 Å². The normalized spacial score (nSPS) is 11.5. The molecule has 0 atom stereocenters. The molecule has 0 spiro atoms. The van der Waals surface area contributed by atoms with Gasteiger partial charge in [-0.05, 0) is 36.8 Å². The number of carbonyl (C=O) groups is 1. The monoisotopic (exact) mass is 410 g/mol. The Morgan fingerprint density at radius 2 is 1.67 bits per heavy atom. The summed E-state index contributed by atoms with van der Waals surface area (Å²) in [6.45, 7) is 1.78. The van der Waals surface area contributed by atoms with Crippen molar-refractivity contribution in [3.63, 3.8) is 0 Å². The first kappa shape index (κ1) is 18.6. The molecule has 0 aromatic heterocycles. The maximum absolute atomic E-state index is 12.9. The maximum atomic E-state index is 12.9. The molecule has 1 N–H and O–H groups in total. The lowest BCUT2D eigenvalue weighted by atomic mass is 10.2. The number of nitrogens with zero attached hydrogens (tertiary/aromatic N) is 1. The predicted octanol–water partition coefficient (Wildman–Crippen LogP) is 2.69. The number of halogens is 1. The summed E-state index contributed by atoms with van der Waals surface area (Å²) in [5, 5.41) is 2.47. The summed E-state index contributed by atoms with van der Waals surface area (Å²) in [5.74, 6) is -0.359. The fourth-order valence-electron chi connectivity index (χ4n) is 2.12. The number of benzene rings is 2. The minimum Gasteiger partial charge on any atom is -0.358 e. The van der Waals surface area contributed by atoms with Crippen LogP contribution in [0.4, 0.5) is 0 Å². The number of carbonyl (C=O) groups excluding carboxylic acids is 1. The average molecular weight is 411 g/mol. The Morgan fingerprint density at radius 3 is 2.21 bits per heavy atom. The van der Waals surface area contributed by atoms with Crippen molar-refractivity contribution in [2.75, 3.05) is 13.6 Å². The van der Waals surface area contributed by atoms with Crippen molar-refractivity contribution >= 4 is 31.9 Å². The van der Waals surface area contributed by atoms with Gasteiger partial charge in [0.1, 0.15) is 0 Å². The fourth-order valence-corrected chi connectivity index (χ4v) is 3.77. The van der Waals surface area contributed by atoms with E-state index in [4.69, 9.17) is 0 Å². The zero-order valence-electron chi connectivity index (χ0n) is 13.5. The van der Waals surface area contributed by atoms with Crippen molar-refractivity contribution in [1.29, 1.82) is 0 Å². The van der Waals surface area contributed by atoms with E-state index >= 15 is 0 Å². The van der Waals surface area contributed by atoms with E-state index in [0.717, 1.165) is 15.6 Å². The molecule has 0 saturated carbocycles. The first-order valence-electron chi connectivity index (χ1n) is 7.35. The van der Waals surface area contributed by atoms with E-state index in [9.17, 15) is 13.2 Å². The second-order valence-corrected chi connectivity index (χ2v) is 8.24. The van der Waals surface area contributed by atoms with Gasteiger partial charge in [-0.3, -0.25) is 4.79 Å². The van der Waals surface area contributed by atoms with Crippen LogP contribution in [-0.2, 0) is 21.4 Å². The first-order chi connectivity index (χ1) is 11.3. The SMILES string of the molecule is CNC(=O)CN(Cc1ccc(Br)cc1)S(=O)(=O)c1ccc(C)cc1. The number of amides is 1. The predicted molar refractivity (Wildman–Crippen MR) is 97.0 cm³/mol. The third kappa shape index (κ3) is 4.66. The molecule has 0 unspecified atom stereocenters. The summed E-state index contributed by atoms with van der Waals surface area (Å²) in [6, 6.07) is 13.9. The van der Waals surface area contributed by atoms with Crippen LogP contribution in [0, 0.1) is 6.92 Å². The van der Waals surface area contributed by atoms with Crippen LogP contribution in [0.25, 0.3) is 0 Å². The van der Waals surface area contributed by atoms with Crippen LogP contribution in [0.5, 0.6) is 0 Å². The molecule has 0 fully saturated rings. The lowest BCUT2D eigenvalue weighted by Gasteiger charge is -2.21. The quantitative estimate of drug-likeness (QED) is 0.795. The van der Waals surface area contributed by atoms with Gasteiger partial charge in [-0.15, -0.1) is 0 Å². The van der Waals surface area contributed by atoms with Crippen molar-refractivity contribution in [2.24, 2.45) is 0 Å². The van der Waals surface area contributed by atoms with Gasteiger partial charge < -0.3 is 5.32 Å². The van der Waals surface area contributed by atoms with Crippen molar-refractivity contribution in [3.8, 4) is 0 Å². The molecule has 2 rings (SSSR count). The molecule has 128 valence electrons. The van der Waals surface area contributed by atoms with Crippen LogP contribution in [0.2, 0.25) is 0 Å². The van der Waals surface area contributed by atoms with Crippen molar-refractivity contribution < 1.29 is 13.2 Å². The Bertz CT molecular complexity index is 803. The second kappa shape index (κ2) is 7.92. The number of aryl methyl sites for hydroxylation is 1. The molecule has 0 aliphatic carbocycles. The average Bonchev–Trinajstić information content (AvgIpc) is 2.56. The van der Waals surface area contributed by atoms with Gasteiger partial charge in [0.25, 0.3) is 0 Å². The van der Waals surface area contributed by atoms with E-state index in [0.29, 0.717) is 0 Å². The third-order valence-electron chi connectivity index (χ3n) is 3.53. The highest BCUT2D eigenvalue weighted by molar-refractivity contribution is 9.10. The summed E-state index contributed by atoms with van der Waals surface area (Å²) in [6.07, 6.45) is 0. The van der Waals surface area contributed by atoms with Crippen LogP contribution in [0.1, 0.15) is 11.1 Å². The van der Waals surface area contributed by atoms with Crippen molar-refractivity contribution in [3.05, 3.63) is 64.1 Å². The standard InChI is InChI=1S/C17H19BrN2O3S/c1-13-3-9-16(10-4-13)24(22,23)20(12-17(21)19-2)11-14-5-7-15(18)8-6-14/h3-10H,11-12H2,1-2H3,(H,19,21). The van der Waals surface area contributed by atoms with Gasteiger partial charge in [0.15, 0.2) is 0 Å². The van der Waals surface area contributed by atoms with Gasteiger partial charge in [-0.2, -0.15) is 4.31 Å². The molecule has 2 aromatic rings. The van der Waals surface area contributed by atoms with Gasteiger partial charge in [-0.1, -0.05) is 45.8 Å². The first-order valence-corrected chi connectivity index (χ1v) is 9.58. The van der Waals surface area contributed by atoms with E-state index < -0.39 is 10.0 Å². The zero-order valence-corrected chi connectivity index (χ0v) is 15.9. The van der Waals surface area contributed by atoms with Crippen LogP contribution < -0.4 is 5.32 Å². The smallest absolute Gasteiger partial charge is 0.243 e. The van der Waals surface area contributed by atoms with Gasteiger partial charge in [0, 0.05) is 18.1 Å². The van der Waals surface area contributed by atoms with Gasteiger partial charge >= 0.3 is 0 Å². The van der Waals surface area contributed by atoms with Crippen molar-refractivity contribution in [1.82, 2.24) is 9.62 Å². The molecule has 7 heteroatoms. The fraction of sp³-hybridized carbons (Fsp3) is 0.235. The molecular formula is C17H19BrN2O3S. The topological polar surface area (TPSA) is 66.5 Å².